The molecular weight excluding hydrogens is 340 g/mol. The van der Waals surface area contributed by atoms with Gasteiger partial charge in [0.05, 0.1) is 6.04 Å². The molecular formula is C18H30N2O6. The quantitative estimate of drug-likeness (QED) is 0.504. The maximum Gasteiger partial charge on any atom is 0.303 e. The zero-order chi connectivity index (χ0) is 19.6. The molecule has 0 amide bonds. The van der Waals surface area contributed by atoms with E-state index >= 15 is 0 Å². The minimum Gasteiger partial charge on any atom is -0.461 e. The largest absolute Gasteiger partial charge is 0.461 e. The molecule has 2 aliphatic heterocycles. The summed E-state index contributed by atoms with van der Waals surface area (Å²) in [7, 11) is 0. The molecule has 8 nitrogen and oxygen atoms in total. The first-order valence-corrected chi connectivity index (χ1v) is 9.24. The molecule has 2 aliphatic rings. The predicted molar refractivity (Wildman–Crippen MR) is 93.1 cm³/mol. The van der Waals surface area contributed by atoms with Crippen LogP contribution in [0.1, 0.15) is 48.0 Å². The van der Waals surface area contributed by atoms with Crippen molar-refractivity contribution < 1.29 is 28.6 Å². The Bertz CT molecular complexity index is 550. The van der Waals surface area contributed by atoms with E-state index in [-0.39, 0.29) is 24.2 Å². The Morgan fingerprint density at radius 1 is 0.923 bits per heavy atom. The minimum atomic E-state index is -0.684. The number of hydrogen-bond donors (Lipinski definition) is 0. The maximum absolute atomic E-state index is 11.8. The summed E-state index contributed by atoms with van der Waals surface area (Å²) in [6.07, 6.45) is -1.32. The van der Waals surface area contributed by atoms with Crippen LogP contribution in [-0.4, -0.2) is 77.4 Å². The zero-order valence-corrected chi connectivity index (χ0v) is 16.4. The molecule has 2 rings (SSSR count). The molecule has 0 N–H and O–H groups in total. The Morgan fingerprint density at radius 2 is 1.42 bits per heavy atom. The third kappa shape index (κ3) is 4.01. The number of carbonyl (C=O) groups excluding carboxylic acids is 3. The molecule has 26 heavy (non-hydrogen) atoms. The molecule has 8 heteroatoms. The number of ether oxygens (including phenoxy) is 3. The molecule has 6 atom stereocenters. The Labute approximate surface area is 154 Å². The fourth-order valence-corrected chi connectivity index (χ4v) is 4.41. The standard InChI is InChI=1S/C18H30N2O6/c1-7-19(8-2)18-17(26-13(6)23)16(25-12(5)22)15-14(24-11(4)21)9-10(3)20(15)18/h10,14-18H,7-9H2,1-6H3/t10?,14-,15+,16+,17-,18-/m0/s1. The smallest absolute Gasteiger partial charge is 0.303 e. The van der Waals surface area contributed by atoms with Gasteiger partial charge < -0.3 is 14.2 Å². The Morgan fingerprint density at radius 3 is 1.88 bits per heavy atom. The summed E-state index contributed by atoms with van der Waals surface area (Å²) in [5.41, 5.74) is 0. The van der Waals surface area contributed by atoms with Gasteiger partial charge in [-0.05, 0) is 20.0 Å². The molecule has 0 saturated carbocycles. The molecule has 2 saturated heterocycles. The lowest BCUT2D eigenvalue weighted by molar-refractivity contribution is -0.169. The lowest BCUT2D eigenvalue weighted by atomic mass is 10.0. The summed E-state index contributed by atoms with van der Waals surface area (Å²) in [4.78, 5) is 39.4. The van der Waals surface area contributed by atoms with E-state index in [0.717, 1.165) is 13.1 Å². The van der Waals surface area contributed by atoms with Gasteiger partial charge in [-0.1, -0.05) is 13.8 Å². The van der Waals surface area contributed by atoms with E-state index in [0.29, 0.717) is 6.42 Å². The van der Waals surface area contributed by atoms with E-state index < -0.39 is 30.3 Å². The van der Waals surface area contributed by atoms with Gasteiger partial charge >= 0.3 is 17.9 Å². The van der Waals surface area contributed by atoms with E-state index in [2.05, 4.69) is 9.80 Å². The summed E-state index contributed by atoms with van der Waals surface area (Å²) < 4.78 is 16.7. The highest BCUT2D eigenvalue weighted by atomic mass is 16.6. The fourth-order valence-electron chi connectivity index (χ4n) is 4.41. The average Bonchev–Trinajstić information content (AvgIpc) is 2.98. The Kier molecular flexibility index (Phi) is 6.63. The van der Waals surface area contributed by atoms with Crippen LogP contribution in [0.5, 0.6) is 0 Å². The van der Waals surface area contributed by atoms with Crippen LogP contribution in [0.25, 0.3) is 0 Å². The third-order valence-electron chi connectivity index (χ3n) is 5.18. The third-order valence-corrected chi connectivity index (χ3v) is 5.18. The van der Waals surface area contributed by atoms with Crippen molar-refractivity contribution in [1.29, 1.82) is 0 Å². The van der Waals surface area contributed by atoms with Crippen molar-refractivity contribution in [3.8, 4) is 0 Å². The topological polar surface area (TPSA) is 85.4 Å². The van der Waals surface area contributed by atoms with Crippen LogP contribution in [0, 0.1) is 0 Å². The second-order valence-electron chi connectivity index (χ2n) is 6.95. The molecule has 1 unspecified atom stereocenters. The molecule has 0 aromatic heterocycles. The van der Waals surface area contributed by atoms with Gasteiger partial charge in [-0.15, -0.1) is 0 Å². The first kappa shape index (κ1) is 20.6. The van der Waals surface area contributed by atoms with Crippen molar-refractivity contribution >= 4 is 17.9 Å². The van der Waals surface area contributed by atoms with Crippen LogP contribution in [0.4, 0.5) is 0 Å². The molecule has 0 radical (unpaired) electrons. The van der Waals surface area contributed by atoms with Gasteiger partial charge in [-0.25, -0.2) is 0 Å². The molecule has 0 aromatic rings. The number of likely N-dealkylation sites (N-methyl/N-ethyl adjacent to an activating group) is 1. The van der Waals surface area contributed by atoms with Crippen LogP contribution in [0.3, 0.4) is 0 Å². The van der Waals surface area contributed by atoms with E-state index in [1.807, 2.05) is 20.8 Å². The van der Waals surface area contributed by atoms with Crippen LogP contribution >= 0.6 is 0 Å². The first-order valence-electron chi connectivity index (χ1n) is 9.24. The van der Waals surface area contributed by atoms with Gasteiger partial charge in [0.1, 0.15) is 12.3 Å². The molecule has 2 fully saturated rings. The summed E-state index contributed by atoms with van der Waals surface area (Å²) >= 11 is 0. The zero-order valence-electron chi connectivity index (χ0n) is 16.4. The summed E-state index contributed by atoms with van der Waals surface area (Å²) in [5.74, 6) is -1.25. The van der Waals surface area contributed by atoms with Crippen LogP contribution < -0.4 is 0 Å². The Hall–Kier alpha value is -1.67. The molecule has 0 aromatic carbocycles. The Balaban J connectivity index is 2.47. The van der Waals surface area contributed by atoms with E-state index in [9.17, 15) is 14.4 Å². The average molecular weight is 370 g/mol. The highest BCUT2D eigenvalue weighted by molar-refractivity contribution is 5.68. The van der Waals surface area contributed by atoms with E-state index in [4.69, 9.17) is 14.2 Å². The molecule has 0 spiro atoms. The summed E-state index contributed by atoms with van der Waals surface area (Å²) in [6, 6.07) is -0.249. The van der Waals surface area contributed by atoms with Crippen molar-refractivity contribution in [3.05, 3.63) is 0 Å². The van der Waals surface area contributed by atoms with Gasteiger partial charge in [-0.2, -0.15) is 0 Å². The SMILES string of the molecule is CCN(CC)[C@@H]1[C@@H](OC(C)=O)[C@H](OC(C)=O)[C@H]2[C@@H](OC(C)=O)CC(C)N21. The van der Waals surface area contributed by atoms with Crippen molar-refractivity contribution in [1.82, 2.24) is 9.80 Å². The van der Waals surface area contributed by atoms with Gasteiger partial charge in [0.15, 0.2) is 12.2 Å². The maximum atomic E-state index is 11.8. The fraction of sp³-hybridized carbons (Fsp3) is 0.833. The normalized spacial score (nSPS) is 33.8. The number of esters is 3. The van der Waals surface area contributed by atoms with Gasteiger partial charge in [0, 0.05) is 33.2 Å². The van der Waals surface area contributed by atoms with Crippen molar-refractivity contribution in [3.63, 3.8) is 0 Å². The molecule has 148 valence electrons. The monoisotopic (exact) mass is 370 g/mol. The number of rotatable bonds is 6. The van der Waals surface area contributed by atoms with Crippen molar-refractivity contribution in [2.24, 2.45) is 0 Å². The lowest BCUT2D eigenvalue weighted by Crippen LogP contribution is -2.53. The minimum absolute atomic E-state index is 0.0913. The van der Waals surface area contributed by atoms with Crippen LogP contribution in [0.2, 0.25) is 0 Å². The van der Waals surface area contributed by atoms with Gasteiger partial charge in [0.25, 0.3) is 0 Å². The second kappa shape index (κ2) is 8.35. The molecule has 0 aliphatic carbocycles. The van der Waals surface area contributed by atoms with Crippen LogP contribution in [-0.2, 0) is 28.6 Å². The summed E-state index contributed by atoms with van der Waals surface area (Å²) in [6.45, 7) is 11.7. The molecule has 2 heterocycles. The first-order chi connectivity index (χ1) is 12.2. The highest BCUT2D eigenvalue weighted by Crippen LogP contribution is 2.42. The number of nitrogens with zero attached hydrogens (tertiary/aromatic N) is 2. The number of hydrogen-bond acceptors (Lipinski definition) is 8. The molecule has 0 bridgehead atoms. The van der Waals surface area contributed by atoms with Crippen molar-refractivity contribution in [2.75, 3.05) is 13.1 Å². The van der Waals surface area contributed by atoms with E-state index in [1.54, 1.807) is 0 Å². The number of carbonyl (C=O) groups is 3. The van der Waals surface area contributed by atoms with Gasteiger partial charge in [-0.3, -0.25) is 24.2 Å². The lowest BCUT2D eigenvalue weighted by Gasteiger charge is -2.37. The van der Waals surface area contributed by atoms with Gasteiger partial charge in [0.2, 0.25) is 0 Å². The van der Waals surface area contributed by atoms with E-state index in [1.165, 1.54) is 20.8 Å². The second-order valence-corrected chi connectivity index (χ2v) is 6.95. The summed E-state index contributed by atoms with van der Waals surface area (Å²) in [5, 5.41) is 0. The van der Waals surface area contributed by atoms with Crippen LogP contribution in [0.15, 0.2) is 0 Å². The predicted octanol–water partition coefficient (Wildman–Crippen LogP) is 0.926. The number of fused-ring (bicyclic) bond motifs is 1. The highest BCUT2D eigenvalue weighted by Gasteiger charge is 2.62. The van der Waals surface area contributed by atoms with Crippen molar-refractivity contribution in [2.45, 2.75) is 84.5 Å².